The van der Waals surface area contributed by atoms with E-state index in [4.69, 9.17) is 0 Å². The van der Waals surface area contributed by atoms with Crippen molar-refractivity contribution in [2.24, 2.45) is 0 Å². The molecule has 0 saturated carbocycles. The average Bonchev–Trinajstić information content (AvgIpc) is 3.20. The van der Waals surface area contributed by atoms with Gasteiger partial charge in [-0.3, -0.25) is 9.69 Å². The van der Waals surface area contributed by atoms with E-state index in [2.05, 4.69) is 25.2 Å². The van der Waals surface area contributed by atoms with Gasteiger partial charge in [0, 0.05) is 30.6 Å². The number of thiophene rings is 1. The molecule has 0 amide bonds. The van der Waals surface area contributed by atoms with Crippen molar-refractivity contribution in [1.82, 2.24) is 19.9 Å². The Morgan fingerprint density at radius 2 is 2.26 bits per heavy atom. The lowest BCUT2D eigenvalue weighted by Crippen LogP contribution is -2.35. The summed E-state index contributed by atoms with van der Waals surface area (Å²) in [7, 11) is 0. The molecule has 0 spiro atoms. The Bertz CT molecular complexity index is 882. The largest absolute Gasteiger partial charge is 0.306 e. The minimum absolute atomic E-state index is 0.0154. The molecule has 0 radical (unpaired) electrons. The van der Waals surface area contributed by atoms with Crippen LogP contribution in [0.4, 0.5) is 0 Å². The second-order valence-electron chi connectivity index (χ2n) is 5.66. The van der Waals surface area contributed by atoms with Gasteiger partial charge >= 0.3 is 0 Å². The third-order valence-corrected chi connectivity index (χ3v) is 5.76. The summed E-state index contributed by atoms with van der Waals surface area (Å²) < 4.78 is 0. The summed E-state index contributed by atoms with van der Waals surface area (Å²) in [5.41, 5.74) is 2.77. The molecule has 3 aromatic heterocycles. The normalized spacial score (nSPS) is 14.8. The number of nitrogens with zero attached hydrogens (tertiary/aromatic N) is 3. The number of rotatable bonds is 3. The highest BCUT2D eigenvalue weighted by Gasteiger charge is 2.22. The lowest BCUT2D eigenvalue weighted by atomic mass is 10.1. The van der Waals surface area contributed by atoms with Crippen molar-refractivity contribution >= 4 is 22.7 Å². The van der Waals surface area contributed by atoms with E-state index in [1.54, 1.807) is 22.7 Å². The molecule has 0 unspecified atom stereocenters. The Morgan fingerprint density at radius 1 is 1.35 bits per heavy atom. The number of nitrogens with one attached hydrogen (secondary N) is 1. The Morgan fingerprint density at radius 3 is 3.00 bits per heavy atom. The third kappa shape index (κ3) is 2.99. The first-order valence-electron chi connectivity index (χ1n) is 7.48. The Kier molecular flexibility index (Phi) is 3.84. The highest BCUT2D eigenvalue weighted by atomic mass is 32.1. The first-order chi connectivity index (χ1) is 11.2. The van der Waals surface area contributed by atoms with Crippen LogP contribution in [0, 0.1) is 6.92 Å². The fourth-order valence-electron chi connectivity index (χ4n) is 2.81. The van der Waals surface area contributed by atoms with Crippen LogP contribution in [0.2, 0.25) is 0 Å². The Labute approximate surface area is 141 Å². The molecule has 0 aliphatic carbocycles. The number of thiazole rings is 1. The number of hydrogen-bond acceptors (Lipinski definition) is 6. The van der Waals surface area contributed by atoms with E-state index >= 15 is 0 Å². The van der Waals surface area contributed by atoms with Gasteiger partial charge in [-0.05, 0) is 18.4 Å². The molecular formula is C16H16N4OS2. The first kappa shape index (κ1) is 14.7. The fourth-order valence-corrected chi connectivity index (χ4v) is 4.29. The number of fused-ring (bicyclic) bond motifs is 1. The average molecular weight is 344 g/mol. The van der Waals surface area contributed by atoms with E-state index in [1.165, 1.54) is 0 Å². The van der Waals surface area contributed by atoms with E-state index in [1.807, 2.05) is 24.4 Å². The standard InChI is InChI=1S/C16H16N4OS2/c1-10-9-23-14(17-10)8-20-5-4-12-11(7-20)16(21)19-15(18-12)13-3-2-6-22-13/h2-3,6,9H,4-5,7-8H2,1H3,(H,18,19,21). The number of aromatic amines is 1. The predicted molar refractivity (Wildman–Crippen MR) is 92.8 cm³/mol. The number of aryl methyl sites for hydroxylation is 1. The van der Waals surface area contributed by atoms with E-state index < -0.39 is 0 Å². The van der Waals surface area contributed by atoms with Crippen molar-refractivity contribution in [3.05, 3.63) is 55.2 Å². The maximum absolute atomic E-state index is 12.5. The zero-order valence-electron chi connectivity index (χ0n) is 12.7. The summed E-state index contributed by atoms with van der Waals surface area (Å²) in [6.45, 7) is 4.35. The summed E-state index contributed by atoms with van der Waals surface area (Å²) in [5.74, 6) is 0.688. The summed E-state index contributed by atoms with van der Waals surface area (Å²) in [6.07, 6.45) is 0.808. The van der Waals surface area contributed by atoms with Gasteiger partial charge in [-0.25, -0.2) is 9.97 Å². The third-order valence-electron chi connectivity index (χ3n) is 3.93. The molecule has 23 heavy (non-hydrogen) atoms. The van der Waals surface area contributed by atoms with Crippen LogP contribution < -0.4 is 5.56 Å². The van der Waals surface area contributed by atoms with Crippen LogP contribution in [0.1, 0.15) is 22.0 Å². The smallest absolute Gasteiger partial charge is 0.255 e. The van der Waals surface area contributed by atoms with Gasteiger partial charge < -0.3 is 4.98 Å². The van der Waals surface area contributed by atoms with Gasteiger partial charge in [0.15, 0.2) is 5.82 Å². The molecule has 1 aliphatic rings. The SMILES string of the molecule is Cc1csc(CN2CCc3nc(-c4cccs4)[nH]c(=O)c3C2)n1. The van der Waals surface area contributed by atoms with Crippen molar-refractivity contribution in [3.8, 4) is 10.7 Å². The summed E-state index contributed by atoms with van der Waals surface area (Å²) in [4.78, 5) is 27.8. The van der Waals surface area contributed by atoms with Crippen molar-refractivity contribution < 1.29 is 0 Å². The number of hydrogen-bond donors (Lipinski definition) is 1. The molecule has 0 fully saturated rings. The van der Waals surface area contributed by atoms with Crippen LogP contribution in [0.25, 0.3) is 10.7 Å². The van der Waals surface area contributed by atoms with Crippen molar-refractivity contribution in [2.45, 2.75) is 26.4 Å². The molecule has 1 N–H and O–H groups in total. The van der Waals surface area contributed by atoms with Crippen molar-refractivity contribution in [1.29, 1.82) is 0 Å². The van der Waals surface area contributed by atoms with Crippen LogP contribution in [-0.4, -0.2) is 26.4 Å². The molecule has 4 rings (SSSR count). The highest BCUT2D eigenvalue weighted by molar-refractivity contribution is 7.13. The van der Waals surface area contributed by atoms with Gasteiger partial charge in [0.2, 0.25) is 0 Å². The minimum Gasteiger partial charge on any atom is -0.306 e. The first-order valence-corrected chi connectivity index (χ1v) is 9.24. The molecule has 0 atom stereocenters. The zero-order valence-corrected chi connectivity index (χ0v) is 14.3. The lowest BCUT2D eigenvalue weighted by molar-refractivity contribution is 0.241. The van der Waals surface area contributed by atoms with Gasteiger partial charge in [-0.1, -0.05) is 6.07 Å². The van der Waals surface area contributed by atoms with Gasteiger partial charge in [0.25, 0.3) is 5.56 Å². The van der Waals surface area contributed by atoms with E-state index in [0.717, 1.165) is 46.3 Å². The summed E-state index contributed by atoms with van der Waals surface area (Å²) in [6, 6.07) is 3.95. The van der Waals surface area contributed by atoms with Gasteiger partial charge in [-0.15, -0.1) is 22.7 Å². The van der Waals surface area contributed by atoms with Gasteiger partial charge in [0.1, 0.15) is 5.01 Å². The molecule has 0 saturated heterocycles. The van der Waals surface area contributed by atoms with Crippen LogP contribution in [0.15, 0.2) is 27.7 Å². The summed E-state index contributed by atoms with van der Waals surface area (Å²) in [5, 5.41) is 5.16. The Hall–Kier alpha value is -1.83. The summed E-state index contributed by atoms with van der Waals surface area (Å²) >= 11 is 3.27. The molecule has 3 aromatic rings. The molecule has 0 aromatic carbocycles. The number of aromatic nitrogens is 3. The maximum atomic E-state index is 12.5. The monoisotopic (exact) mass is 344 g/mol. The number of H-pyrrole nitrogens is 1. The van der Waals surface area contributed by atoms with Crippen molar-refractivity contribution in [3.63, 3.8) is 0 Å². The molecule has 7 heteroatoms. The quantitative estimate of drug-likeness (QED) is 0.794. The molecule has 0 bridgehead atoms. The van der Waals surface area contributed by atoms with Gasteiger partial charge in [-0.2, -0.15) is 0 Å². The minimum atomic E-state index is -0.0154. The highest BCUT2D eigenvalue weighted by Crippen LogP contribution is 2.23. The second kappa shape index (κ2) is 5.99. The zero-order chi connectivity index (χ0) is 15.8. The lowest BCUT2D eigenvalue weighted by Gasteiger charge is -2.26. The molecule has 118 valence electrons. The fraction of sp³-hybridized carbons (Fsp3) is 0.312. The molecule has 1 aliphatic heterocycles. The second-order valence-corrected chi connectivity index (χ2v) is 7.55. The molecular weight excluding hydrogens is 328 g/mol. The molecule has 4 heterocycles. The van der Waals surface area contributed by atoms with Crippen LogP contribution in [-0.2, 0) is 19.5 Å². The van der Waals surface area contributed by atoms with E-state index in [0.29, 0.717) is 12.4 Å². The van der Waals surface area contributed by atoms with Crippen LogP contribution >= 0.6 is 22.7 Å². The van der Waals surface area contributed by atoms with Gasteiger partial charge in [0.05, 0.1) is 22.7 Å². The maximum Gasteiger partial charge on any atom is 0.255 e. The van der Waals surface area contributed by atoms with Crippen molar-refractivity contribution in [2.75, 3.05) is 6.54 Å². The predicted octanol–water partition coefficient (Wildman–Crippen LogP) is 2.82. The van der Waals surface area contributed by atoms with Crippen LogP contribution in [0.5, 0.6) is 0 Å². The molecule has 5 nitrogen and oxygen atoms in total. The topological polar surface area (TPSA) is 61.9 Å². The Balaban J connectivity index is 1.59. The van der Waals surface area contributed by atoms with E-state index in [9.17, 15) is 4.79 Å². The van der Waals surface area contributed by atoms with Crippen LogP contribution in [0.3, 0.4) is 0 Å². The van der Waals surface area contributed by atoms with E-state index in [-0.39, 0.29) is 5.56 Å².